The van der Waals surface area contributed by atoms with Gasteiger partial charge in [0.25, 0.3) is 0 Å². The standard InChI is InChI=1S/C10H14NO3P/c1-15(13,14)8-7-10(12)11-9-5-3-2-4-6-9/h2-6H,7-8H2,1H3,(H,11,12)(H,13,14). The van der Waals surface area contributed by atoms with Crippen LogP contribution in [0.4, 0.5) is 5.69 Å². The van der Waals surface area contributed by atoms with E-state index in [1.165, 1.54) is 6.66 Å². The normalized spacial score (nSPS) is 14.3. The summed E-state index contributed by atoms with van der Waals surface area (Å²) in [4.78, 5) is 20.3. The van der Waals surface area contributed by atoms with Crippen molar-refractivity contribution in [1.29, 1.82) is 0 Å². The van der Waals surface area contributed by atoms with E-state index in [4.69, 9.17) is 4.89 Å². The molecule has 1 unspecified atom stereocenters. The van der Waals surface area contributed by atoms with Gasteiger partial charge in [0, 0.05) is 24.9 Å². The summed E-state index contributed by atoms with van der Waals surface area (Å²) in [6, 6.07) is 9.01. The second kappa shape index (κ2) is 5.10. The van der Waals surface area contributed by atoms with E-state index in [0.29, 0.717) is 5.69 Å². The quantitative estimate of drug-likeness (QED) is 0.772. The van der Waals surface area contributed by atoms with Crippen molar-refractivity contribution in [2.45, 2.75) is 6.42 Å². The van der Waals surface area contributed by atoms with Gasteiger partial charge in [-0.2, -0.15) is 0 Å². The van der Waals surface area contributed by atoms with Gasteiger partial charge in [0.1, 0.15) is 0 Å². The summed E-state index contributed by atoms with van der Waals surface area (Å²) < 4.78 is 10.9. The van der Waals surface area contributed by atoms with Crippen molar-refractivity contribution in [2.24, 2.45) is 0 Å². The molecule has 0 saturated heterocycles. The Bertz CT molecular complexity index is 372. The molecule has 1 amide bonds. The lowest BCUT2D eigenvalue weighted by Crippen LogP contribution is -2.12. The summed E-state index contributed by atoms with van der Waals surface area (Å²) in [5.41, 5.74) is 0.700. The van der Waals surface area contributed by atoms with Crippen molar-refractivity contribution in [3.63, 3.8) is 0 Å². The molecule has 5 heteroatoms. The van der Waals surface area contributed by atoms with Crippen molar-refractivity contribution in [2.75, 3.05) is 18.1 Å². The van der Waals surface area contributed by atoms with Crippen molar-refractivity contribution in [3.05, 3.63) is 30.3 Å². The Morgan fingerprint density at radius 2 is 2.00 bits per heavy atom. The molecule has 0 heterocycles. The molecule has 1 aromatic rings. The van der Waals surface area contributed by atoms with E-state index in [1.54, 1.807) is 12.1 Å². The SMILES string of the molecule is CP(=O)(O)CCC(=O)Nc1ccccc1. The van der Waals surface area contributed by atoms with Gasteiger partial charge in [-0.15, -0.1) is 0 Å². The van der Waals surface area contributed by atoms with Crippen LogP contribution >= 0.6 is 7.37 Å². The van der Waals surface area contributed by atoms with Gasteiger partial charge in [0.05, 0.1) is 0 Å². The molecule has 1 rings (SSSR count). The minimum atomic E-state index is -3.09. The van der Waals surface area contributed by atoms with Crippen molar-refractivity contribution < 1.29 is 14.3 Å². The van der Waals surface area contributed by atoms with Gasteiger partial charge >= 0.3 is 0 Å². The third-order valence-electron chi connectivity index (χ3n) is 1.81. The smallest absolute Gasteiger partial charge is 0.224 e. The molecule has 2 N–H and O–H groups in total. The first-order valence-corrected chi connectivity index (χ1v) is 6.91. The molecule has 0 aliphatic heterocycles. The zero-order valence-electron chi connectivity index (χ0n) is 8.51. The third-order valence-corrected chi connectivity index (χ3v) is 2.86. The third kappa shape index (κ3) is 5.35. The van der Waals surface area contributed by atoms with Crippen LogP contribution < -0.4 is 5.32 Å². The number of carbonyl (C=O) groups is 1. The number of nitrogens with one attached hydrogen (secondary N) is 1. The highest BCUT2D eigenvalue weighted by atomic mass is 31.2. The average molecular weight is 227 g/mol. The zero-order chi connectivity index (χ0) is 11.3. The van der Waals surface area contributed by atoms with Crippen molar-refractivity contribution >= 4 is 19.0 Å². The van der Waals surface area contributed by atoms with Crippen LogP contribution in [0.15, 0.2) is 30.3 Å². The fourth-order valence-electron chi connectivity index (χ4n) is 1.05. The summed E-state index contributed by atoms with van der Waals surface area (Å²) in [6.07, 6.45) is 0.0881. The van der Waals surface area contributed by atoms with Gasteiger partial charge in [-0.25, -0.2) is 0 Å². The number of hydrogen-bond acceptors (Lipinski definition) is 2. The predicted octanol–water partition coefficient (Wildman–Crippen LogP) is 1.92. The number of carbonyl (C=O) groups excluding carboxylic acids is 1. The molecule has 0 spiro atoms. The number of anilines is 1. The molecule has 0 saturated carbocycles. The lowest BCUT2D eigenvalue weighted by atomic mass is 10.3. The van der Waals surface area contributed by atoms with Crippen LogP contribution in [-0.4, -0.2) is 23.6 Å². The van der Waals surface area contributed by atoms with Gasteiger partial charge in [0.15, 0.2) is 7.37 Å². The highest BCUT2D eigenvalue weighted by molar-refractivity contribution is 7.57. The Hall–Kier alpha value is -1.12. The van der Waals surface area contributed by atoms with E-state index in [2.05, 4.69) is 5.32 Å². The highest BCUT2D eigenvalue weighted by Crippen LogP contribution is 2.35. The second-order valence-corrected chi connectivity index (χ2v) is 5.99. The molecule has 0 aliphatic carbocycles. The Balaban J connectivity index is 2.41. The lowest BCUT2D eigenvalue weighted by Gasteiger charge is -2.06. The van der Waals surface area contributed by atoms with Crippen LogP contribution in [0, 0.1) is 0 Å². The van der Waals surface area contributed by atoms with E-state index in [1.807, 2.05) is 18.2 Å². The number of rotatable bonds is 4. The fraction of sp³-hybridized carbons (Fsp3) is 0.300. The summed E-state index contributed by atoms with van der Waals surface area (Å²) in [6.45, 7) is 1.25. The molecule has 1 atom stereocenters. The molecular formula is C10H14NO3P. The number of para-hydroxylation sites is 1. The first-order valence-electron chi connectivity index (χ1n) is 4.61. The largest absolute Gasteiger partial charge is 0.344 e. The topological polar surface area (TPSA) is 66.4 Å². The van der Waals surface area contributed by atoms with E-state index in [-0.39, 0.29) is 18.5 Å². The summed E-state index contributed by atoms with van der Waals surface area (Å²) in [7, 11) is -3.09. The van der Waals surface area contributed by atoms with E-state index in [0.717, 1.165) is 0 Å². The van der Waals surface area contributed by atoms with Gasteiger partial charge in [-0.3, -0.25) is 9.36 Å². The average Bonchev–Trinajstić information content (AvgIpc) is 2.15. The van der Waals surface area contributed by atoms with Gasteiger partial charge in [0.2, 0.25) is 5.91 Å². The Kier molecular flexibility index (Phi) is 4.06. The monoisotopic (exact) mass is 227 g/mol. The van der Waals surface area contributed by atoms with Gasteiger partial charge in [-0.1, -0.05) is 18.2 Å². The molecule has 4 nitrogen and oxygen atoms in total. The Morgan fingerprint density at radius 1 is 1.40 bits per heavy atom. The number of amides is 1. The van der Waals surface area contributed by atoms with Crippen LogP contribution in [0.5, 0.6) is 0 Å². The number of benzene rings is 1. The first kappa shape index (κ1) is 12.0. The molecule has 0 aromatic heterocycles. The maximum absolute atomic E-state index is 11.3. The number of hydrogen-bond donors (Lipinski definition) is 2. The van der Waals surface area contributed by atoms with Crippen LogP contribution in [0.2, 0.25) is 0 Å². The molecule has 0 bridgehead atoms. The molecule has 0 radical (unpaired) electrons. The minimum absolute atomic E-state index is 0.0195. The minimum Gasteiger partial charge on any atom is -0.344 e. The molecule has 1 aromatic carbocycles. The first-order chi connectivity index (χ1) is 6.97. The van der Waals surface area contributed by atoms with E-state index in [9.17, 15) is 9.36 Å². The van der Waals surface area contributed by atoms with Crippen LogP contribution in [0.3, 0.4) is 0 Å². The molecular weight excluding hydrogens is 213 g/mol. The molecule has 82 valence electrons. The molecule has 0 aliphatic rings. The lowest BCUT2D eigenvalue weighted by molar-refractivity contribution is -0.115. The summed E-state index contributed by atoms with van der Waals surface area (Å²) >= 11 is 0. The summed E-state index contributed by atoms with van der Waals surface area (Å²) in [5.74, 6) is -0.239. The van der Waals surface area contributed by atoms with Gasteiger partial charge in [-0.05, 0) is 12.1 Å². The zero-order valence-corrected chi connectivity index (χ0v) is 9.41. The van der Waals surface area contributed by atoms with Gasteiger partial charge < -0.3 is 10.2 Å². The fourth-order valence-corrected chi connectivity index (χ4v) is 1.67. The molecule has 0 fully saturated rings. The van der Waals surface area contributed by atoms with Crippen molar-refractivity contribution in [1.82, 2.24) is 0 Å². The maximum atomic E-state index is 11.3. The van der Waals surface area contributed by atoms with E-state index < -0.39 is 7.37 Å². The van der Waals surface area contributed by atoms with Crippen molar-refractivity contribution in [3.8, 4) is 0 Å². The van der Waals surface area contributed by atoms with Crippen LogP contribution in [-0.2, 0) is 9.36 Å². The summed E-state index contributed by atoms with van der Waals surface area (Å²) in [5, 5.41) is 2.64. The molecule has 15 heavy (non-hydrogen) atoms. The highest BCUT2D eigenvalue weighted by Gasteiger charge is 2.12. The Morgan fingerprint density at radius 3 is 2.53 bits per heavy atom. The second-order valence-electron chi connectivity index (χ2n) is 3.44. The Labute approximate surface area is 88.8 Å². The predicted molar refractivity (Wildman–Crippen MR) is 60.3 cm³/mol. The van der Waals surface area contributed by atoms with E-state index >= 15 is 0 Å². The van der Waals surface area contributed by atoms with Crippen LogP contribution in [0.1, 0.15) is 6.42 Å². The maximum Gasteiger partial charge on any atom is 0.224 e. The van der Waals surface area contributed by atoms with Crippen LogP contribution in [0.25, 0.3) is 0 Å².